The van der Waals surface area contributed by atoms with E-state index in [0.29, 0.717) is 51.6 Å². The molecule has 4 atom stereocenters. The third-order valence-electron chi connectivity index (χ3n) is 6.10. The smallest absolute Gasteiger partial charge is 0.326 e. The van der Waals surface area contributed by atoms with E-state index in [4.69, 9.17) is 11.5 Å². The highest BCUT2D eigenvalue weighted by Gasteiger charge is 2.39. The van der Waals surface area contributed by atoms with Crippen LogP contribution < -0.4 is 27.4 Å². The molecule has 2 fully saturated rings. The molecule has 12 heteroatoms. The maximum absolute atomic E-state index is 13.4. The monoisotopic (exact) mass is 481 g/mol. The molecule has 12 nitrogen and oxygen atoms in total. The Morgan fingerprint density at radius 3 is 2.38 bits per heavy atom. The van der Waals surface area contributed by atoms with Crippen LogP contribution in [0.5, 0.6) is 0 Å². The summed E-state index contributed by atoms with van der Waals surface area (Å²) in [5, 5.41) is 18.0. The van der Waals surface area contributed by atoms with E-state index >= 15 is 0 Å². The zero-order valence-corrected chi connectivity index (χ0v) is 20.1. The fourth-order valence-electron chi connectivity index (χ4n) is 4.41. The van der Waals surface area contributed by atoms with Crippen molar-refractivity contribution in [2.75, 3.05) is 19.6 Å². The number of guanidine groups is 1. The molecule has 0 aromatic carbocycles. The van der Waals surface area contributed by atoms with E-state index in [1.54, 1.807) is 0 Å². The van der Waals surface area contributed by atoms with E-state index in [9.17, 15) is 24.3 Å². The second kappa shape index (κ2) is 13.1. The summed E-state index contributed by atoms with van der Waals surface area (Å²) in [6, 6.07) is -2.97. The van der Waals surface area contributed by atoms with E-state index in [0.717, 1.165) is 13.0 Å². The number of nitrogens with zero attached hydrogens (tertiary/aromatic N) is 2. The zero-order valence-electron chi connectivity index (χ0n) is 20.1. The Morgan fingerprint density at radius 2 is 1.79 bits per heavy atom. The number of hydrogen-bond acceptors (Lipinski definition) is 6. The molecule has 0 radical (unpaired) electrons. The van der Waals surface area contributed by atoms with Gasteiger partial charge in [0.2, 0.25) is 17.7 Å². The van der Waals surface area contributed by atoms with Crippen molar-refractivity contribution < 1.29 is 24.3 Å². The summed E-state index contributed by atoms with van der Waals surface area (Å²) in [6.45, 7) is 5.17. The molecule has 2 aliphatic rings. The number of carboxylic acid groups (broad SMARTS) is 1. The predicted octanol–water partition coefficient (Wildman–Crippen LogP) is -1.12. The van der Waals surface area contributed by atoms with Crippen molar-refractivity contribution >= 4 is 29.7 Å². The van der Waals surface area contributed by atoms with Gasteiger partial charge in [0.25, 0.3) is 0 Å². The minimum atomic E-state index is -1.10. The van der Waals surface area contributed by atoms with Crippen LogP contribution in [0.3, 0.4) is 0 Å². The van der Waals surface area contributed by atoms with Gasteiger partial charge in [0.15, 0.2) is 5.96 Å². The van der Waals surface area contributed by atoms with E-state index in [2.05, 4.69) is 20.9 Å². The van der Waals surface area contributed by atoms with Gasteiger partial charge in [-0.05, 0) is 57.4 Å². The quantitative estimate of drug-likeness (QED) is 0.115. The Balaban J connectivity index is 2.09. The summed E-state index contributed by atoms with van der Waals surface area (Å²) in [6.07, 6.45) is 3.70. The second-order valence-electron chi connectivity index (χ2n) is 9.38. The van der Waals surface area contributed by atoms with Gasteiger partial charge in [-0.3, -0.25) is 19.4 Å². The first kappa shape index (κ1) is 27.4. The Bertz CT molecular complexity index is 763. The molecule has 34 heavy (non-hydrogen) atoms. The second-order valence-corrected chi connectivity index (χ2v) is 9.38. The van der Waals surface area contributed by atoms with Crippen LogP contribution in [-0.4, -0.2) is 83.5 Å². The molecule has 2 heterocycles. The maximum Gasteiger partial charge on any atom is 0.326 e. The first-order valence-electron chi connectivity index (χ1n) is 12.0. The Labute approximate surface area is 200 Å². The van der Waals surface area contributed by atoms with Crippen LogP contribution in [0.1, 0.15) is 58.8 Å². The lowest BCUT2D eigenvalue weighted by Gasteiger charge is -2.30. The summed E-state index contributed by atoms with van der Waals surface area (Å²) in [4.78, 5) is 56.0. The molecule has 3 amide bonds. The fraction of sp³-hybridized carbons (Fsp3) is 0.773. The van der Waals surface area contributed by atoms with Crippen LogP contribution in [-0.2, 0) is 19.2 Å². The number of aliphatic carboxylic acids is 1. The van der Waals surface area contributed by atoms with Gasteiger partial charge in [0.05, 0.1) is 6.04 Å². The molecule has 0 saturated carbocycles. The molecule has 0 spiro atoms. The van der Waals surface area contributed by atoms with Gasteiger partial charge in [-0.15, -0.1) is 0 Å². The Morgan fingerprint density at radius 1 is 1.09 bits per heavy atom. The van der Waals surface area contributed by atoms with E-state index in [1.807, 2.05) is 13.8 Å². The fourth-order valence-corrected chi connectivity index (χ4v) is 4.41. The SMILES string of the molecule is CC(C)CC(NC(=O)C1CCCN1C(=O)C(CCCN=C(N)N)NC(=O)C1CCCN1)C(=O)O. The number of nitrogens with two attached hydrogens (primary N) is 2. The van der Waals surface area contributed by atoms with Gasteiger partial charge in [-0.2, -0.15) is 0 Å². The topological polar surface area (TPSA) is 192 Å². The molecule has 0 aliphatic carbocycles. The molecule has 0 aromatic rings. The number of carboxylic acids is 1. The van der Waals surface area contributed by atoms with Crippen molar-refractivity contribution in [1.82, 2.24) is 20.9 Å². The number of amides is 3. The third-order valence-corrected chi connectivity index (χ3v) is 6.10. The summed E-state index contributed by atoms with van der Waals surface area (Å²) in [7, 11) is 0. The van der Waals surface area contributed by atoms with Crippen LogP contribution in [0, 0.1) is 5.92 Å². The highest BCUT2D eigenvalue weighted by molar-refractivity contribution is 5.94. The molecule has 8 N–H and O–H groups in total. The predicted molar refractivity (Wildman–Crippen MR) is 127 cm³/mol. The number of rotatable bonds is 12. The van der Waals surface area contributed by atoms with Crippen LogP contribution in [0.15, 0.2) is 4.99 Å². The van der Waals surface area contributed by atoms with Crippen LogP contribution >= 0.6 is 0 Å². The van der Waals surface area contributed by atoms with Gasteiger partial charge < -0.3 is 37.4 Å². The van der Waals surface area contributed by atoms with Crippen molar-refractivity contribution in [2.45, 2.75) is 83.0 Å². The Hall–Kier alpha value is -2.89. The van der Waals surface area contributed by atoms with Crippen molar-refractivity contribution in [3.8, 4) is 0 Å². The van der Waals surface area contributed by atoms with Crippen molar-refractivity contribution in [2.24, 2.45) is 22.4 Å². The van der Waals surface area contributed by atoms with E-state index in [1.165, 1.54) is 4.90 Å². The summed E-state index contributed by atoms with van der Waals surface area (Å²) in [5.74, 6) is -2.16. The highest BCUT2D eigenvalue weighted by atomic mass is 16.4. The molecule has 2 aliphatic heterocycles. The number of likely N-dealkylation sites (tertiary alicyclic amines) is 1. The van der Waals surface area contributed by atoms with Gasteiger partial charge >= 0.3 is 5.97 Å². The summed E-state index contributed by atoms with van der Waals surface area (Å²) >= 11 is 0. The average molecular weight is 482 g/mol. The number of carbonyl (C=O) groups excluding carboxylic acids is 3. The normalized spacial score (nSPS) is 21.7. The van der Waals surface area contributed by atoms with Gasteiger partial charge in [-0.1, -0.05) is 13.8 Å². The number of aliphatic imine (C=N–C) groups is 1. The minimum Gasteiger partial charge on any atom is -0.480 e. The van der Waals surface area contributed by atoms with Crippen LogP contribution in [0.4, 0.5) is 0 Å². The van der Waals surface area contributed by atoms with E-state index in [-0.39, 0.29) is 29.7 Å². The van der Waals surface area contributed by atoms with E-state index < -0.39 is 30.0 Å². The summed E-state index contributed by atoms with van der Waals surface area (Å²) in [5.41, 5.74) is 10.7. The van der Waals surface area contributed by atoms with Gasteiger partial charge in [0, 0.05) is 13.1 Å². The molecular weight excluding hydrogens is 442 g/mol. The largest absolute Gasteiger partial charge is 0.480 e. The lowest BCUT2D eigenvalue weighted by atomic mass is 10.0. The molecule has 4 unspecified atom stereocenters. The zero-order chi connectivity index (χ0) is 25.3. The molecule has 192 valence electrons. The van der Waals surface area contributed by atoms with Crippen LogP contribution in [0.2, 0.25) is 0 Å². The Kier molecular flexibility index (Phi) is 10.6. The van der Waals surface area contributed by atoms with Crippen molar-refractivity contribution in [3.05, 3.63) is 0 Å². The number of hydrogen-bond donors (Lipinski definition) is 6. The lowest BCUT2D eigenvalue weighted by Crippen LogP contribution is -2.56. The third kappa shape index (κ3) is 8.15. The molecule has 2 rings (SSSR count). The number of carbonyl (C=O) groups is 4. The minimum absolute atomic E-state index is 0.0484. The lowest BCUT2D eigenvalue weighted by molar-refractivity contribution is -0.145. The molecular formula is C22H39N7O5. The van der Waals surface area contributed by atoms with Crippen LogP contribution in [0.25, 0.3) is 0 Å². The number of nitrogens with one attached hydrogen (secondary N) is 3. The summed E-state index contributed by atoms with van der Waals surface area (Å²) < 4.78 is 0. The standard InChI is InChI=1S/C22H39N7O5/c1-13(2)12-16(21(33)34)28-19(31)17-8-5-11-29(17)20(32)15(7-4-10-26-22(23)24)27-18(30)14-6-3-9-25-14/h13-17,25H,3-12H2,1-2H3,(H,27,30)(H,28,31)(H,33,34)(H4,23,24,26). The molecule has 0 aromatic heterocycles. The molecule has 2 saturated heterocycles. The highest BCUT2D eigenvalue weighted by Crippen LogP contribution is 2.21. The average Bonchev–Trinajstić information content (AvgIpc) is 3.46. The van der Waals surface area contributed by atoms with Gasteiger partial charge in [0.1, 0.15) is 18.1 Å². The molecule has 0 bridgehead atoms. The first-order chi connectivity index (χ1) is 16.1. The first-order valence-corrected chi connectivity index (χ1v) is 12.0. The van der Waals surface area contributed by atoms with Crippen molar-refractivity contribution in [3.63, 3.8) is 0 Å². The van der Waals surface area contributed by atoms with Gasteiger partial charge in [-0.25, -0.2) is 4.79 Å². The maximum atomic E-state index is 13.4. The van der Waals surface area contributed by atoms with Crippen molar-refractivity contribution in [1.29, 1.82) is 0 Å².